The van der Waals surface area contributed by atoms with Crippen LogP contribution in [0.2, 0.25) is 0 Å². The van der Waals surface area contributed by atoms with Crippen LogP contribution in [0.3, 0.4) is 0 Å². The number of amides is 1. The fourth-order valence-electron chi connectivity index (χ4n) is 2.59. The number of carbonyl (C=O) groups is 1. The fraction of sp³-hybridized carbons (Fsp3) is 0.167. The lowest BCUT2D eigenvalue weighted by Gasteiger charge is -2.11. The summed E-state index contributed by atoms with van der Waals surface area (Å²) in [5.41, 5.74) is 9.47. The van der Waals surface area contributed by atoms with Gasteiger partial charge in [-0.15, -0.1) is 0 Å². The minimum absolute atomic E-state index is 0.180. The molecule has 0 aliphatic rings. The number of thiazole rings is 1. The van der Waals surface area contributed by atoms with Gasteiger partial charge in [0.15, 0.2) is 5.13 Å². The van der Waals surface area contributed by atoms with Crippen LogP contribution >= 0.6 is 11.3 Å². The number of benzene rings is 1. The molecule has 1 amide bonds. The minimum atomic E-state index is -0.180. The van der Waals surface area contributed by atoms with Crippen LogP contribution in [0.1, 0.15) is 22.8 Å². The van der Waals surface area contributed by atoms with Crippen LogP contribution in [0.4, 0.5) is 5.13 Å². The third-order valence-electron chi connectivity index (χ3n) is 3.76. The molecule has 6 nitrogen and oxygen atoms in total. The maximum absolute atomic E-state index is 12.6. The van der Waals surface area contributed by atoms with E-state index < -0.39 is 0 Å². The number of carbonyl (C=O) groups excluding carboxylic acids is 1. The summed E-state index contributed by atoms with van der Waals surface area (Å²) in [5, 5.41) is 3.48. The number of nitrogens with one attached hydrogen (secondary N) is 1. The number of allylic oxidation sites excluding steroid dienone is 1. The number of pyridine rings is 1. The molecule has 1 aromatic carbocycles. The third-order valence-corrected chi connectivity index (χ3v) is 4.60. The Labute approximate surface area is 149 Å². The highest BCUT2D eigenvalue weighted by Crippen LogP contribution is 2.24. The first-order valence-electron chi connectivity index (χ1n) is 7.73. The Kier molecular flexibility index (Phi) is 4.67. The quantitative estimate of drug-likeness (QED) is 0.756. The van der Waals surface area contributed by atoms with Gasteiger partial charge in [-0.1, -0.05) is 24.0 Å². The second-order valence-electron chi connectivity index (χ2n) is 5.61. The van der Waals surface area contributed by atoms with Crippen LogP contribution < -0.4 is 16.5 Å². The number of anilines is 1. The van der Waals surface area contributed by atoms with Crippen molar-refractivity contribution in [2.45, 2.75) is 13.5 Å². The van der Waals surface area contributed by atoms with Gasteiger partial charge in [-0.25, -0.2) is 4.98 Å². The van der Waals surface area contributed by atoms with E-state index in [0.717, 1.165) is 21.5 Å². The van der Waals surface area contributed by atoms with Crippen molar-refractivity contribution in [1.29, 1.82) is 0 Å². The molecule has 7 heteroatoms. The molecule has 3 N–H and O–H groups in total. The Morgan fingerprint density at radius 1 is 1.44 bits per heavy atom. The van der Waals surface area contributed by atoms with Gasteiger partial charge in [0, 0.05) is 25.5 Å². The predicted molar refractivity (Wildman–Crippen MR) is 102 cm³/mol. The van der Waals surface area contributed by atoms with E-state index in [9.17, 15) is 4.79 Å². The number of fused-ring (bicyclic) bond motifs is 1. The molecule has 0 atom stereocenters. The molecule has 0 radical (unpaired) electrons. The number of nitrogens with zero attached hydrogens (tertiary/aromatic N) is 3. The molecule has 2 heterocycles. The Balaban J connectivity index is 1.82. The summed E-state index contributed by atoms with van der Waals surface area (Å²) in [6.45, 7) is 6.20. The van der Waals surface area contributed by atoms with Crippen LogP contribution in [-0.2, 0) is 6.54 Å². The molecule has 0 spiro atoms. The molecular formula is C18H19N5OS. The number of hydrogen-bond donors (Lipinski definition) is 2. The maximum Gasteiger partial charge on any atom is 0.255 e. The Hall–Kier alpha value is -2.93. The highest BCUT2D eigenvalue weighted by Gasteiger charge is 2.11. The number of nitrogens with two attached hydrogens (primary N) is 1. The molecule has 128 valence electrons. The van der Waals surface area contributed by atoms with E-state index in [-0.39, 0.29) is 5.91 Å². The lowest BCUT2D eigenvalue weighted by molar-refractivity contribution is 0.0948. The van der Waals surface area contributed by atoms with Gasteiger partial charge in [-0.2, -0.15) is 0 Å². The minimum Gasteiger partial charge on any atom is -0.375 e. The Bertz CT molecular complexity index is 1030. The van der Waals surface area contributed by atoms with Gasteiger partial charge in [0.2, 0.25) is 0 Å². The number of nitrogen functional groups attached to an aromatic ring is 1. The van der Waals surface area contributed by atoms with E-state index in [1.165, 1.54) is 11.3 Å². The predicted octanol–water partition coefficient (Wildman–Crippen LogP) is 2.63. The first kappa shape index (κ1) is 16.9. The van der Waals surface area contributed by atoms with Crippen molar-refractivity contribution in [2.24, 2.45) is 4.99 Å². The van der Waals surface area contributed by atoms with Gasteiger partial charge in [0.25, 0.3) is 5.91 Å². The summed E-state index contributed by atoms with van der Waals surface area (Å²) in [6.07, 6.45) is 1.84. The van der Waals surface area contributed by atoms with Crippen molar-refractivity contribution in [3.63, 3.8) is 0 Å². The van der Waals surface area contributed by atoms with Gasteiger partial charge in [0.05, 0.1) is 15.8 Å². The largest absolute Gasteiger partial charge is 0.375 e. The molecule has 0 unspecified atom stereocenters. The molecule has 0 bridgehead atoms. The van der Waals surface area contributed by atoms with Gasteiger partial charge in [-0.05, 0) is 36.8 Å². The summed E-state index contributed by atoms with van der Waals surface area (Å²) in [5.74, 6) is -0.180. The zero-order chi connectivity index (χ0) is 18.0. The van der Waals surface area contributed by atoms with Crippen molar-refractivity contribution in [3.05, 3.63) is 59.7 Å². The number of hydrogen-bond acceptors (Lipinski definition) is 5. The van der Waals surface area contributed by atoms with E-state index in [1.54, 1.807) is 17.7 Å². The molecule has 0 aliphatic carbocycles. The molecule has 0 aliphatic heterocycles. The number of rotatable bonds is 4. The summed E-state index contributed by atoms with van der Waals surface area (Å²) in [4.78, 5) is 21.1. The van der Waals surface area contributed by atoms with Crippen LogP contribution in [0, 0.1) is 0 Å². The highest BCUT2D eigenvalue weighted by atomic mass is 32.1. The summed E-state index contributed by atoms with van der Waals surface area (Å²) >= 11 is 1.43. The van der Waals surface area contributed by atoms with Gasteiger partial charge < -0.3 is 15.6 Å². The number of aromatic nitrogens is 2. The fourth-order valence-corrected chi connectivity index (χ4v) is 3.39. The second kappa shape index (κ2) is 6.90. The standard InChI is InChI=1S/C18H19N5OS/c1-11(2)23-8-4-5-13(16(23)20-3)17(24)21-10-12-6-7-14-15(9-12)25-18(19)22-14/h4-9H,1,10H2,2-3H3,(H2,19,22)(H,21,24). The van der Waals surface area contributed by atoms with Crippen molar-refractivity contribution >= 4 is 38.3 Å². The molecule has 25 heavy (non-hydrogen) atoms. The van der Waals surface area contributed by atoms with Gasteiger partial charge >= 0.3 is 0 Å². The Morgan fingerprint density at radius 3 is 2.96 bits per heavy atom. The zero-order valence-corrected chi connectivity index (χ0v) is 14.9. The molecule has 2 aromatic heterocycles. The first-order chi connectivity index (χ1) is 12.0. The van der Waals surface area contributed by atoms with E-state index in [4.69, 9.17) is 5.73 Å². The Morgan fingerprint density at radius 2 is 2.24 bits per heavy atom. The van der Waals surface area contributed by atoms with E-state index in [0.29, 0.717) is 22.7 Å². The van der Waals surface area contributed by atoms with Crippen molar-refractivity contribution in [2.75, 3.05) is 12.8 Å². The lowest BCUT2D eigenvalue weighted by Crippen LogP contribution is -2.32. The lowest BCUT2D eigenvalue weighted by atomic mass is 10.2. The normalized spacial score (nSPS) is 11.7. The van der Waals surface area contributed by atoms with Gasteiger partial charge in [0.1, 0.15) is 5.49 Å². The molecule has 3 rings (SSSR count). The topological polar surface area (TPSA) is 85.3 Å². The third kappa shape index (κ3) is 3.46. The van der Waals surface area contributed by atoms with Crippen LogP contribution in [0.5, 0.6) is 0 Å². The van der Waals surface area contributed by atoms with E-state index >= 15 is 0 Å². The van der Waals surface area contributed by atoms with Crippen molar-refractivity contribution in [3.8, 4) is 0 Å². The summed E-state index contributed by atoms with van der Waals surface area (Å²) in [7, 11) is 1.66. The van der Waals surface area contributed by atoms with Crippen molar-refractivity contribution < 1.29 is 4.79 Å². The summed E-state index contributed by atoms with van der Waals surface area (Å²) < 4.78 is 2.80. The molecule has 0 saturated carbocycles. The zero-order valence-electron chi connectivity index (χ0n) is 14.1. The maximum atomic E-state index is 12.6. The molecule has 0 saturated heterocycles. The average Bonchev–Trinajstić information content (AvgIpc) is 2.97. The second-order valence-corrected chi connectivity index (χ2v) is 6.67. The smallest absolute Gasteiger partial charge is 0.255 e. The van der Waals surface area contributed by atoms with E-state index in [2.05, 4.69) is 21.9 Å². The molecule has 3 aromatic rings. The molecule has 0 fully saturated rings. The average molecular weight is 353 g/mol. The van der Waals surface area contributed by atoms with E-state index in [1.807, 2.05) is 37.4 Å². The molecular weight excluding hydrogens is 334 g/mol. The van der Waals surface area contributed by atoms with Gasteiger partial charge in [-0.3, -0.25) is 9.79 Å². The highest BCUT2D eigenvalue weighted by molar-refractivity contribution is 7.22. The van der Waals surface area contributed by atoms with Crippen LogP contribution in [0.25, 0.3) is 15.9 Å². The monoisotopic (exact) mass is 353 g/mol. The first-order valence-corrected chi connectivity index (χ1v) is 8.55. The van der Waals surface area contributed by atoms with Crippen LogP contribution in [0.15, 0.2) is 48.1 Å². The van der Waals surface area contributed by atoms with Crippen molar-refractivity contribution in [1.82, 2.24) is 14.9 Å². The SMILES string of the molecule is C=C(C)n1cccc(C(=O)NCc2ccc3nc(N)sc3c2)c1=NC. The summed E-state index contributed by atoms with van der Waals surface area (Å²) in [6, 6.07) is 9.41. The van der Waals surface area contributed by atoms with Crippen LogP contribution in [-0.4, -0.2) is 22.5 Å².